The molecule has 0 saturated carbocycles. The number of rotatable bonds is 6. The summed E-state index contributed by atoms with van der Waals surface area (Å²) < 4.78 is 26.3. The molecule has 0 unspecified atom stereocenters. The number of aryl methyl sites for hydroxylation is 1. The molecule has 0 radical (unpaired) electrons. The van der Waals surface area contributed by atoms with Crippen LogP contribution in [0.2, 0.25) is 0 Å². The lowest BCUT2D eigenvalue weighted by atomic mass is 10.4. The van der Waals surface area contributed by atoms with Gasteiger partial charge < -0.3 is 5.32 Å². The zero-order valence-electron chi connectivity index (χ0n) is 12.0. The summed E-state index contributed by atoms with van der Waals surface area (Å²) in [6.45, 7) is 2.01. The topological polar surface area (TPSA) is 101 Å². The molecule has 0 aliphatic heterocycles. The Bertz CT molecular complexity index is 730. The van der Waals surface area contributed by atoms with Crippen LogP contribution in [0.5, 0.6) is 0 Å². The van der Waals surface area contributed by atoms with E-state index in [2.05, 4.69) is 20.0 Å². The van der Waals surface area contributed by atoms with E-state index in [1.165, 1.54) is 24.5 Å². The first-order chi connectivity index (χ1) is 10.5. The fraction of sp³-hybridized carbons (Fsp3) is 0.214. The van der Waals surface area contributed by atoms with Crippen LogP contribution < -0.4 is 10.0 Å². The van der Waals surface area contributed by atoms with Gasteiger partial charge in [0.05, 0.1) is 16.8 Å². The molecule has 22 heavy (non-hydrogen) atoms. The average Bonchev–Trinajstić information content (AvgIpc) is 2.53. The number of aromatic nitrogens is 2. The fourth-order valence-electron chi connectivity index (χ4n) is 1.64. The Morgan fingerprint density at radius 3 is 2.45 bits per heavy atom. The maximum atomic E-state index is 11.9. The van der Waals surface area contributed by atoms with Crippen molar-refractivity contribution in [2.75, 3.05) is 13.1 Å². The van der Waals surface area contributed by atoms with Gasteiger partial charge in [0.15, 0.2) is 0 Å². The van der Waals surface area contributed by atoms with Gasteiger partial charge >= 0.3 is 0 Å². The highest BCUT2D eigenvalue weighted by atomic mass is 32.2. The minimum Gasteiger partial charge on any atom is -0.349 e. The summed E-state index contributed by atoms with van der Waals surface area (Å²) >= 11 is 0. The Balaban J connectivity index is 1.82. The van der Waals surface area contributed by atoms with Gasteiger partial charge in [0.1, 0.15) is 5.69 Å². The summed E-state index contributed by atoms with van der Waals surface area (Å²) in [6.07, 6.45) is 2.87. The second-order valence-corrected chi connectivity index (χ2v) is 6.28. The number of nitrogens with one attached hydrogen (secondary N) is 2. The molecule has 0 aliphatic rings. The number of benzene rings is 1. The van der Waals surface area contributed by atoms with E-state index >= 15 is 0 Å². The van der Waals surface area contributed by atoms with E-state index in [0.717, 1.165) is 0 Å². The molecule has 0 atom stereocenters. The number of hydrogen-bond donors (Lipinski definition) is 2. The Hall–Kier alpha value is -2.32. The SMILES string of the molecule is Cc1cnc(C(=O)NCCNS(=O)(=O)c2ccccc2)cn1. The number of sulfonamides is 1. The van der Waals surface area contributed by atoms with Crippen LogP contribution in [-0.2, 0) is 10.0 Å². The summed E-state index contributed by atoms with van der Waals surface area (Å²) in [7, 11) is -3.56. The molecule has 7 nitrogen and oxygen atoms in total. The van der Waals surface area contributed by atoms with Crippen LogP contribution >= 0.6 is 0 Å². The summed E-state index contributed by atoms with van der Waals surface area (Å²) in [5.74, 6) is -0.397. The van der Waals surface area contributed by atoms with Crippen LogP contribution in [0.25, 0.3) is 0 Å². The van der Waals surface area contributed by atoms with Gasteiger partial charge in [-0.05, 0) is 19.1 Å². The predicted octanol–water partition coefficient (Wildman–Crippen LogP) is 0.493. The fourth-order valence-corrected chi connectivity index (χ4v) is 2.70. The Morgan fingerprint density at radius 1 is 1.09 bits per heavy atom. The van der Waals surface area contributed by atoms with E-state index in [9.17, 15) is 13.2 Å². The second-order valence-electron chi connectivity index (χ2n) is 4.51. The smallest absolute Gasteiger partial charge is 0.271 e. The largest absolute Gasteiger partial charge is 0.349 e. The van der Waals surface area contributed by atoms with E-state index in [1.54, 1.807) is 25.1 Å². The van der Waals surface area contributed by atoms with E-state index < -0.39 is 15.9 Å². The van der Waals surface area contributed by atoms with Crippen molar-refractivity contribution in [1.29, 1.82) is 0 Å². The number of nitrogens with zero attached hydrogens (tertiary/aromatic N) is 2. The number of hydrogen-bond acceptors (Lipinski definition) is 5. The number of amides is 1. The van der Waals surface area contributed by atoms with Crippen molar-refractivity contribution >= 4 is 15.9 Å². The highest BCUT2D eigenvalue weighted by Gasteiger charge is 2.12. The van der Waals surface area contributed by atoms with Crippen molar-refractivity contribution in [3.63, 3.8) is 0 Å². The first kappa shape index (κ1) is 16.1. The lowest BCUT2D eigenvalue weighted by molar-refractivity contribution is 0.0949. The molecule has 0 fully saturated rings. The summed E-state index contributed by atoms with van der Waals surface area (Å²) in [5, 5.41) is 2.57. The van der Waals surface area contributed by atoms with Gasteiger partial charge in [-0.2, -0.15) is 0 Å². The van der Waals surface area contributed by atoms with Crippen LogP contribution in [0.15, 0.2) is 47.6 Å². The standard InChI is InChI=1S/C14H16N4O3S/c1-11-9-17-13(10-16-11)14(19)15-7-8-18-22(20,21)12-5-3-2-4-6-12/h2-6,9-10,18H,7-8H2,1H3,(H,15,19). The van der Waals surface area contributed by atoms with Gasteiger partial charge in [0.2, 0.25) is 10.0 Å². The minimum atomic E-state index is -3.56. The van der Waals surface area contributed by atoms with E-state index in [1.807, 2.05) is 0 Å². The van der Waals surface area contributed by atoms with Crippen LogP contribution in [0.3, 0.4) is 0 Å². The minimum absolute atomic E-state index is 0.0856. The van der Waals surface area contributed by atoms with Crippen molar-refractivity contribution in [3.8, 4) is 0 Å². The average molecular weight is 320 g/mol. The lowest BCUT2D eigenvalue weighted by Gasteiger charge is -2.07. The molecular weight excluding hydrogens is 304 g/mol. The Labute approximate surface area is 128 Å². The third kappa shape index (κ3) is 4.34. The normalized spacial score (nSPS) is 11.1. The Kier molecular flexibility index (Phi) is 5.18. The Morgan fingerprint density at radius 2 is 1.82 bits per heavy atom. The monoisotopic (exact) mass is 320 g/mol. The van der Waals surface area contributed by atoms with Crippen LogP contribution in [0, 0.1) is 6.92 Å². The predicted molar refractivity (Wildman–Crippen MR) is 80.7 cm³/mol. The van der Waals surface area contributed by atoms with Crippen molar-refractivity contribution < 1.29 is 13.2 Å². The van der Waals surface area contributed by atoms with Gasteiger partial charge in [0.25, 0.3) is 5.91 Å². The third-order valence-electron chi connectivity index (χ3n) is 2.77. The molecular formula is C14H16N4O3S. The molecule has 1 aromatic heterocycles. The quantitative estimate of drug-likeness (QED) is 0.755. The molecule has 2 aromatic rings. The molecule has 0 saturated heterocycles. The molecule has 8 heteroatoms. The van der Waals surface area contributed by atoms with Gasteiger partial charge in [0, 0.05) is 19.3 Å². The van der Waals surface area contributed by atoms with Crippen LogP contribution in [0.1, 0.15) is 16.2 Å². The van der Waals surface area contributed by atoms with Gasteiger partial charge in [-0.3, -0.25) is 9.78 Å². The van der Waals surface area contributed by atoms with E-state index in [4.69, 9.17) is 0 Å². The van der Waals surface area contributed by atoms with Crippen molar-refractivity contribution in [3.05, 3.63) is 54.1 Å². The van der Waals surface area contributed by atoms with Crippen LogP contribution in [-0.4, -0.2) is 37.4 Å². The lowest BCUT2D eigenvalue weighted by Crippen LogP contribution is -2.35. The maximum Gasteiger partial charge on any atom is 0.271 e. The second kappa shape index (κ2) is 7.10. The molecule has 0 aliphatic carbocycles. The molecule has 2 rings (SSSR count). The molecule has 1 aromatic carbocycles. The summed E-state index contributed by atoms with van der Waals surface area (Å²) in [4.78, 5) is 19.9. The number of carbonyl (C=O) groups excluding carboxylic acids is 1. The summed E-state index contributed by atoms with van der Waals surface area (Å²) in [5.41, 5.74) is 0.906. The summed E-state index contributed by atoms with van der Waals surface area (Å²) in [6, 6.07) is 8.03. The van der Waals surface area contributed by atoms with Gasteiger partial charge in [-0.25, -0.2) is 18.1 Å². The molecule has 0 bridgehead atoms. The molecule has 0 spiro atoms. The molecule has 116 valence electrons. The first-order valence-electron chi connectivity index (χ1n) is 6.60. The zero-order valence-corrected chi connectivity index (χ0v) is 12.8. The highest BCUT2D eigenvalue weighted by Crippen LogP contribution is 2.06. The van der Waals surface area contributed by atoms with Crippen molar-refractivity contribution in [2.45, 2.75) is 11.8 Å². The van der Waals surface area contributed by atoms with Crippen molar-refractivity contribution in [1.82, 2.24) is 20.0 Å². The van der Waals surface area contributed by atoms with Gasteiger partial charge in [-0.1, -0.05) is 18.2 Å². The third-order valence-corrected chi connectivity index (χ3v) is 4.25. The molecule has 1 heterocycles. The van der Waals surface area contributed by atoms with Crippen LogP contribution in [0.4, 0.5) is 0 Å². The van der Waals surface area contributed by atoms with E-state index in [-0.39, 0.29) is 23.7 Å². The molecule has 2 N–H and O–H groups in total. The first-order valence-corrected chi connectivity index (χ1v) is 8.09. The number of carbonyl (C=O) groups is 1. The van der Waals surface area contributed by atoms with E-state index in [0.29, 0.717) is 5.69 Å². The highest BCUT2D eigenvalue weighted by molar-refractivity contribution is 7.89. The maximum absolute atomic E-state index is 11.9. The zero-order chi connectivity index (χ0) is 16.0. The molecule has 1 amide bonds. The van der Waals surface area contributed by atoms with Crippen molar-refractivity contribution in [2.24, 2.45) is 0 Å². The van der Waals surface area contributed by atoms with Gasteiger partial charge in [-0.15, -0.1) is 0 Å².